The van der Waals surface area contributed by atoms with Gasteiger partial charge >= 0.3 is 5.97 Å². The summed E-state index contributed by atoms with van der Waals surface area (Å²) in [7, 11) is 1.45. The Hall–Kier alpha value is -0.830. The van der Waals surface area contributed by atoms with E-state index in [1.165, 1.54) is 58.5 Å². The number of carbonyl (C=O) groups is 1. The Morgan fingerprint density at radius 3 is 2.10 bits per heavy atom. The van der Waals surface area contributed by atoms with Crippen LogP contribution in [0.25, 0.3) is 0 Å². The number of methoxy groups -OCH3 is 1. The summed E-state index contributed by atoms with van der Waals surface area (Å²) >= 11 is 0. The molecule has 20 heavy (non-hydrogen) atoms. The van der Waals surface area contributed by atoms with Crippen molar-refractivity contribution in [3.63, 3.8) is 0 Å². The first-order valence-electron chi connectivity index (χ1n) is 8.13. The molecule has 0 spiro atoms. The van der Waals surface area contributed by atoms with Gasteiger partial charge in [0.15, 0.2) is 6.10 Å². The lowest BCUT2D eigenvalue weighted by Crippen LogP contribution is -2.21. The number of carboxylic acids is 1. The minimum absolute atomic E-state index is 0.555. The van der Waals surface area contributed by atoms with Gasteiger partial charge in [-0.1, -0.05) is 64.0 Å². The Labute approximate surface area is 124 Å². The summed E-state index contributed by atoms with van der Waals surface area (Å²) in [6.07, 6.45) is 16.8. The standard InChI is InChI=1S/C17H32O3/c1-3-4-5-6-7-8-9-10-11-12-13-14-15-16(20-2)17(18)19/h12-13,16H,3-11,14-15H2,1-2H3,(H,18,19)/b13-12-/t16-/m1/s1. The third-order valence-corrected chi connectivity index (χ3v) is 3.55. The van der Waals surface area contributed by atoms with E-state index in [2.05, 4.69) is 19.1 Å². The maximum atomic E-state index is 10.7. The van der Waals surface area contributed by atoms with E-state index in [0.29, 0.717) is 6.42 Å². The fourth-order valence-electron chi connectivity index (χ4n) is 2.22. The van der Waals surface area contributed by atoms with Crippen LogP contribution in [-0.4, -0.2) is 24.3 Å². The van der Waals surface area contributed by atoms with Crippen molar-refractivity contribution in [2.24, 2.45) is 0 Å². The summed E-state index contributed by atoms with van der Waals surface area (Å²) in [4.78, 5) is 10.7. The average molecular weight is 284 g/mol. The Morgan fingerprint density at radius 1 is 1.00 bits per heavy atom. The first-order valence-corrected chi connectivity index (χ1v) is 8.13. The highest BCUT2D eigenvalue weighted by atomic mass is 16.5. The van der Waals surface area contributed by atoms with Crippen LogP contribution in [0.2, 0.25) is 0 Å². The second-order valence-corrected chi connectivity index (χ2v) is 5.37. The van der Waals surface area contributed by atoms with Gasteiger partial charge in [-0.05, 0) is 25.7 Å². The molecule has 0 fully saturated rings. The maximum Gasteiger partial charge on any atom is 0.332 e. The zero-order chi connectivity index (χ0) is 15.1. The van der Waals surface area contributed by atoms with Gasteiger partial charge in [0.1, 0.15) is 0 Å². The highest BCUT2D eigenvalue weighted by Gasteiger charge is 2.14. The van der Waals surface area contributed by atoms with Crippen molar-refractivity contribution in [3.8, 4) is 0 Å². The molecule has 3 heteroatoms. The lowest BCUT2D eigenvalue weighted by Gasteiger charge is -2.07. The van der Waals surface area contributed by atoms with Gasteiger partial charge in [-0.2, -0.15) is 0 Å². The Kier molecular flexibility index (Phi) is 14.0. The minimum atomic E-state index is -0.871. The second-order valence-electron chi connectivity index (χ2n) is 5.37. The third kappa shape index (κ3) is 12.2. The van der Waals surface area contributed by atoms with Crippen LogP contribution < -0.4 is 0 Å². The molecule has 0 aromatic carbocycles. The van der Waals surface area contributed by atoms with E-state index in [0.717, 1.165) is 12.8 Å². The molecule has 3 nitrogen and oxygen atoms in total. The van der Waals surface area contributed by atoms with Gasteiger partial charge in [0.05, 0.1) is 0 Å². The topological polar surface area (TPSA) is 46.5 Å². The lowest BCUT2D eigenvalue weighted by atomic mass is 10.1. The Bertz CT molecular complexity index is 249. The predicted molar refractivity (Wildman–Crippen MR) is 84.0 cm³/mol. The highest BCUT2D eigenvalue weighted by molar-refractivity contribution is 5.72. The number of carboxylic acid groups (broad SMARTS) is 1. The number of unbranched alkanes of at least 4 members (excludes halogenated alkanes) is 8. The smallest absolute Gasteiger partial charge is 0.332 e. The summed E-state index contributed by atoms with van der Waals surface area (Å²) in [5.41, 5.74) is 0. The zero-order valence-corrected chi connectivity index (χ0v) is 13.3. The van der Waals surface area contributed by atoms with Crippen molar-refractivity contribution in [1.82, 2.24) is 0 Å². The molecule has 0 unspecified atom stereocenters. The van der Waals surface area contributed by atoms with Crippen molar-refractivity contribution in [2.75, 3.05) is 7.11 Å². The molecule has 0 saturated heterocycles. The Balaban J connectivity index is 3.29. The van der Waals surface area contributed by atoms with Gasteiger partial charge in [-0.15, -0.1) is 0 Å². The summed E-state index contributed by atoms with van der Waals surface area (Å²) in [5, 5.41) is 8.80. The van der Waals surface area contributed by atoms with E-state index < -0.39 is 12.1 Å². The van der Waals surface area contributed by atoms with Crippen LogP contribution in [0.3, 0.4) is 0 Å². The summed E-state index contributed by atoms with van der Waals surface area (Å²) in [6, 6.07) is 0. The number of hydrogen-bond acceptors (Lipinski definition) is 2. The van der Waals surface area contributed by atoms with Crippen LogP contribution in [0, 0.1) is 0 Å². The van der Waals surface area contributed by atoms with Gasteiger partial charge in [-0.3, -0.25) is 0 Å². The van der Waals surface area contributed by atoms with Gasteiger partial charge in [0, 0.05) is 7.11 Å². The van der Waals surface area contributed by atoms with E-state index in [1.807, 2.05) is 0 Å². The van der Waals surface area contributed by atoms with Crippen LogP contribution in [-0.2, 0) is 9.53 Å². The molecule has 0 radical (unpaired) electrons. The molecule has 0 aromatic rings. The Morgan fingerprint density at radius 2 is 1.55 bits per heavy atom. The maximum absolute atomic E-state index is 10.7. The van der Waals surface area contributed by atoms with Crippen molar-refractivity contribution in [3.05, 3.63) is 12.2 Å². The third-order valence-electron chi connectivity index (χ3n) is 3.55. The first kappa shape index (κ1) is 19.2. The fourth-order valence-corrected chi connectivity index (χ4v) is 2.22. The molecule has 0 aliphatic heterocycles. The number of rotatable bonds is 14. The quantitative estimate of drug-likeness (QED) is 0.362. The fraction of sp³-hybridized carbons (Fsp3) is 0.824. The van der Waals surface area contributed by atoms with Crippen LogP contribution in [0.15, 0.2) is 12.2 Å². The van der Waals surface area contributed by atoms with Crippen molar-refractivity contribution in [2.45, 2.75) is 83.7 Å². The average Bonchev–Trinajstić information content (AvgIpc) is 2.43. The summed E-state index contributed by atoms with van der Waals surface area (Å²) in [5.74, 6) is -0.871. The normalized spacial score (nSPS) is 12.9. The van der Waals surface area contributed by atoms with Gasteiger partial charge in [-0.25, -0.2) is 4.79 Å². The monoisotopic (exact) mass is 284 g/mol. The molecule has 0 heterocycles. The molecule has 0 bridgehead atoms. The number of hydrogen-bond donors (Lipinski definition) is 1. The molecule has 0 aliphatic carbocycles. The molecule has 0 saturated carbocycles. The molecule has 1 atom stereocenters. The number of ether oxygens (including phenoxy) is 1. The van der Waals surface area contributed by atoms with E-state index in [1.54, 1.807) is 0 Å². The second kappa shape index (κ2) is 14.6. The molecule has 0 aliphatic rings. The van der Waals surface area contributed by atoms with Gasteiger partial charge < -0.3 is 9.84 Å². The molecule has 0 amide bonds. The van der Waals surface area contributed by atoms with Gasteiger partial charge in [0.2, 0.25) is 0 Å². The van der Waals surface area contributed by atoms with E-state index in [9.17, 15) is 4.79 Å². The van der Waals surface area contributed by atoms with Crippen molar-refractivity contribution in [1.29, 1.82) is 0 Å². The largest absolute Gasteiger partial charge is 0.479 e. The van der Waals surface area contributed by atoms with Crippen LogP contribution in [0.1, 0.15) is 77.6 Å². The van der Waals surface area contributed by atoms with E-state index in [4.69, 9.17) is 9.84 Å². The van der Waals surface area contributed by atoms with Crippen molar-refractivity contribution < 1.29 is 14.6 Å². The first-order chi connectivity index (χ1) is 9.72. The van der Waals surface area contributed by atoms with Crippen LogP contribution in [0.5, 0.6) is 0 Å². The van der Waals surface area contributed by atoms with Gasteiger partial charge in [0.25, 0.3) is 0 Å². The van der Waals surface area contributed by atoms with Crippen molar-refractivity contribution >= 4 is 5.97 Å². The van der Waals surface area contributed by atoms with Crippen LogP contribution in [0.4, 0.5) is 0 Å². The zero-order valence-electron chi connectivity index (χ0n) is 13.3. The molecular weight excluding hydrogens is 252 g/mol. The van der Waals surface area contributed by atoms with E-state index >= 15 is 0 Å². The number of aliphatic carboxylic acids is 1. The molecule has 0 rings (SSSR count). The molecular formula is C17H32O3. The molecule has 118 valence electrons. The molecule has 1 N–H and O–H groups in total. The summed E-state index contributed by atoms with van der Waals surface area (Å²) < 4.78 is 4.88. The SMILES string of the molecule is CCCCCCCCCC/C=C\CC[C@@H](OC)C(=O)O. The van der Waals surface area contributed by atoms with Crippen LogP contribution >= 0.6 is 0 Å². The molecule has 0 aromatic heterocycles. The predicted octanol–water partition coefficient (Wildman–Crippen LogP) is 4.95. The summed E-state index contributed by atoms with van der Waals surface area (Å²) in [6.45, 7) is 2.25. The lowest BCUT2D eigenvalue weighted by molar-refractivity contribution is -0.148. The van der Waals surface area contributed by atoms with E-state index in [-0.39, 0.29) is 0 Å². The minimum Gasteiger partial charge on any atom is -0.479 e. The number of allylic oxidation sites excluding steroid dienone is 2. The highest BCUT2D eigenvalue weighted by Crippen LogP contribution is 2.10.